The van der Waals surface area contributed by atoms with Gasteiger partial charge in [-0.1, -0.05) is 35.9 Å². The van der Waals surface area contributed by atoms with Crippen LogP contribution in [-0.2, 0) is 0 Å². The number of hydrogen-bond donors (Lipinski definition) is 1. The van der Waals surface area contributed by atoms with Crippen LogP contribution in [0.3, 0.4) is 0 Å². The Morgan fingerprint density at radius 3 is 2.09 bits per heavy atom. The number of hydrogen-bond acceptors (Lipinski definition) is 2. The zero-order chi connectivity index (χ0) is 16.2. The van der Waals surface area contributed by atoms with Crippen molar-refractivity contribution in [2.45, 2.75) is 6.92 Å². The summed E-state index contributed by atoms with van der Waals surface area (Å²) in [5.41, 5.74) is 4.29. The first-order chi connectivity index (χ1) is 11.1. The van der Waals surface area contributed by atoms with Gasteiger partial charge in [-0.15, -0.1) is 0 Å². The average molecular weight is 323 g/mol. The maximum Gasteiger partial charge on any atom is 0.255 e. The molecule has 0 radical (unpaired) electrons. The Labute approximate surface area is 140 Å². The van der Waals surface area contributed by atoms with Gasteiger partial charge < -0.3 is 5.32 Å². The van der Waals surface area contributed by atoms with Crippen molar-refractivity contribution < 1.29 is 4.79 Å². The van der Waals surface area contributed by atoms with Crippen molar-refractivity contribution in [3.8, 4) is 11.1 Å². The van der Waals surface area contributed by atoms with E-state index in [9.17, 15) is 4.79 Å². The van der Waals surface area contributed by atoms with E-state index in [1.54, 1.807) is 18.3 Å². The number of carbonyl (C=O) groups is 1. The second-order valence-electron chi connectivity index (χ2n) is 5.23. The lowest BCUT2D eigenvalue weighted by Gasteiger charge is -2.07. The number of nitrogens with zero attached hydrogens (tertiary/aromatic N) is 1. The Hall–Kier alpha value is -2.65. The summed E-state index contributed by atoms with van der Waals surface area (Å²) in [6, 6.07) is 18.8. The molecule has 3 rings (SSSR count). The molecule has 1 N–H and O–H groups in total. The van der Waals surface area contributed by atoms with Gasteiger partial charge in [0.15, 0.2) is 0 Å². The standard InChI is InChI=1S/C19H15ClN2O/c1-13-2-11-18(12-21-13)22-19(23)16-5-3-14(4-6-16)15-7-9-17(20)10-8-15/h2-12H,1H3,(H,22,23). The summed E-state index contributed by atoms with van der Waals surface area (Å²) in [5, 5.41) is 3.54. The van der Waals surface area contributed by atoms with Crippen molar-refractivity contribution in [1.29, 1.82) is 0 Å². The fraction of sp³-hybridized carbons (Fsp3) is 0.0526. The van der Waals surface area contributed by atoms with E-state index in [0.29, 0.717) is 16.3 Å². The predicted molar refractivity (Wildman–Crippen MR) is 93.8 cm³/mol. The Morgan fingerprint density at radius 2 is 1.52 bits per heavy atom. The molecule has 0 spiro atoms. The summed E-state index contributed by atoms with van der Waals surface area (Å²) in [4.78, 5) is 16.4. The second kappa shape index (κ2) is 6.63. The van der Waals surface area contributed by atoms with Crippen LogP contribution in [0.2, 0.25) is 5.02 Å². The number of aromatic nitrogens is 1. The summed E-state index contributed by atoms with van der Waals surface area (Å²) in [7, 11) is 0. The van der Waals surface area contributed by atoms with Gasteiger partial charge in [-0.2, -0.15) is 0 Å². The van der Waals surface area contributed by atoms with Crippen LogP contribution in [0.4, 0.5) is 5.69 Å². The number of pyridine rings is 1. The topological polar surface area (TPSA) is 42.0 Å². The first-order valence-electron chi connectivity index (χ1n) is 7.22. The summed E-state index contributed by atoms with van der Waals surface area (Å²) >= 11 is 5.89. The van der Waals surface area contributed by atoms with E-state index in [1.165, 1.54) is 0 Å². The van der Waals surface area contributed by atoms with Crippen molar-refractivity contribution in [1.82, 2.24) is 4.98 Å². The van der Waals surface area contributed by atoms with Crippen LogP contribution in [0, 0.1) is 6.92 Å². The van der Waals surface area contributed by atoms with Gasteiger partial charge in [-0.05, 0) is 54.4 Å². The van der Waals surface area contributed by atoms with Crippen LogP contribution < -0.4 is 5.32 Å². The highest BCUT2D eigenvalue weighted by atomic mass is 35.5. The minimum Gasteiger partial charge on any atom is -0.321 e. The van der Waals surface area contributed by atoms with Crippen molar-refractivity contribution in [2.75, 3.05) is 5.32 Å². The summed E-state index contributed by atoms with van der Waals surface area (Å²) < 4.78 is 0. The first-order valence-corrected chi connectivity index (χ1v) is 7.59. The fourth-order valence-corrected chi connectivity index (χ4v) is 2.33. The highest BCUT2D eigenvalue weighted by molar-refractivity contribution is 6.30. The van der Waals surface area contributed by atoms with Gasteiger partial charge in [-0.25, -0.2) is 0 Å². The van der Waals surface area contributed by atoms with Gasteiger partial charge in [0, 0.05) is 16.3 Å². The van der Waals surface area contributed by atoms with Crippen LogP contribution in [0.1, 0.15) is 16.1 Å². The van der Waals surface area contributed by atoms with E-state index in [2.05, 4.69) is 10.3 Å². The van der Waals surface area contributed by atoms with E-state index in [1.807, 2.05) is 55.5 Å². The minimum atomic E-state index is -0.154. The summed E-state index contributed by atoms with van der Waals surface area (Å²) in [6.45, 7) is 1.90. The number of aryl methyl sites for hydroxylation is 1. The molecule has 0 saturated heterocycles. The van der Waals surface area contributed by atoms with Crippen LogP contribution in [0.25, 0.3) is 11.1 Å². The molecular formula is C19H15ClN2O. The van der Waals surface area contributed by atoms with Crippen LogP contribution in [-0.4, -0.2) is 10.9 Å². The molecule has 1 heterocycles. The van der Waals surface area contributed by atoms with E-state index < -0.39 is 0 Å². The Morgan fingerprint density at radius 1 is 0.913 bits per heavy atom. The molecule has 4 heteroatoms. The first kappa shape index (κ1) is 15.3. The third kappa shape index (κ3) is 3.76. The number of rotatable bonds is 3. The van der Waals surface area contributed by atoms with Gasteiger partial charge in [0.1, 0.15) is 0 Å². The van der Waals surface area contributed by atoms with E-state index in [0.717, 1.165) is 16.8 Å². The molecule has 0 atom stereocenters. The third-order valence-electron chi connectivity index (χ3n) is 3.49. The fourth-order valence-electron chi connectivity index (χ4n) is 2.20. The number of carbonyl (C=O) groups excluding carboxylic acids is 1. The lowest BCUT2D eigenvalue weighted by molar-refractivity contribution is 0.102. The van der Waals surface area contributed by atoms with Gasteiger partial charge in [-0.3, -0.25) is 9.78 Å². The van der Waals surface area contributed by atoms with Crippen LogP contribution in [0.15, 0.2) is 66.9 Å². The van der Waals surface area contributed by atoms with Gasteiger partial charge in [0.25, 0.3) is 5.91 Å². The largest absolute Gasteiger partial charge is 0.321 e. The van der Waals surface area contributed by atoms with Gasteiger partial charge >= 0.3 is 0 Å². The van der Waals surface area contributed by atoms with Crippen molar-refractivity contribution in [3.05, 3.63) is 83.1 Å². The molecule has 23 heavy (non-hydrogen) atoms. The van der Waals surface area contributed by atoms with Crippen molar-refractivity contribution >= 4 is 23.2 Å². The summed E-state index contributed by atoms with van der Waals surface area (Å²) in [5.74, 6) is -0.154. The Kier molecular flexibility index (Phi) is 4.40. The van der Waals surface area contributed by atoms with E-state index >= 15 is 0 Å². The van der Waals surface area contributed by atoms with Crippen LogP contribution in [0.5, 0.6) is 0 Å². The molecule has 1 aromatic heterocycles. The lowest BCUT2D eigenvalue weighted by atomic mass is 10.0. The molecule has 0 aliphatic heterocycles. The quantitative estimate of drug-likeness (QED) is 0.740. The molecule has 114 valence electrons. The molecule has 0 unspecified atom stereocenters. The molecule has 0 saturated carbocycles. The van der Waals surface area contributed by atoms with Crippen molar-refractivity contribution in [3.63, 3.8) is 0 Å². The molecule has 0 fully saturated rings. The zero-order valence-corrected chi connectivity index (χ0v) is 13.3. The van der Waals surface area contributed by atoms with Gasteiger partial charge in [0.2, 0.25) is 0 Å². The maximum atomic E-state index is 12.2. The molecular weight excluding hydrogens is 308 g/mol. The van der Waals surface area contributed by atoms with E-state index in [-0.39, 0.29) is 5.91 Å². The number of halogens is 1. The lowest BCUT2D eigenvalue weighted by Crippen LogP contribution is -2.11. The number of amides is 1. The number of nitrogens with one attached hydrogen (secondary N) is 1. The van der Waals surface area contributed by atoms with E-state index in [4.69, 9.17) is 11.6 Å². The highest BCUT2D eigenvalue weighted by Crippen LogP contribution is 2.22. The Bertz CT molecular complexity index is 809. The minimum absolute atomic E-state index is 0.154. The zero-order valence-electron chi connectivity index (χ0n) is 12.6. The van der Waals surface area contributed by atoms with Crippen molar-refractivity contribution in [2.24, 2.45) is 0 Å². The molecule has 3 aromatic rings. The SMILES string of the molecule is Cc1ccc(NC(=O)c2ccc(-c3ccc(Cl)cc3)cc2)cn1. The molecule has 0 aliphatic carbocycles. The Balaban J connectivity index is 1.74. The number of benzene rings is 2. The number of anilines is 1. The average Bonchev–Trinajstić information content (AvgIpc) is 2.58. The third-order valence-corrected chi connectivity index (χ3v) is 3.75. The second-order valence-corrected chi connectivity index (χ2v) is 5.66. The normalized spacial score (nSPS) is 10.3. The van der Waals surface area contributed by atoms with Gasteiger partial charge in [0.05, 0.1) is 11.9 Å². The molecule has 3 nitrogen and oxygen atoms in total. The molecule has 0 aliphatic rings. The molecule has 1 amide bonds. The molecule has 0 bridgehead atoms. The smallest absolute Gasteiger partial charge is 0.255 e. The summed E-state index contributed by atoms with van der Waals surface area (Å²) in [6.07, 6.45) is 1.65. The monoisotopic (exact) mass is 322 g/mol. The van der Waals surface area contributed by atoms with Crippen LogP contribution >= 0.6 is 11.6 Å². The predicted octanol–water partition coefficient (Wildman–Crippen LogP) is 4.96. The maximum absolute atomic E-state index is 12.2. The molecule has 2 aromatic carbocycles. The highest BCUT2D eigenvalue weighted by Gasteiger charge is 2.07.